The van der Waals surface area contributed by atoms with Gasteiger partial charge in [-0.1, -0.05) is 30.3 Å². The van der Waals surface area contributed by atoms with Gasteiger partial charge in [0.2, 0.25) is 5.90 Å². The van der Waals surface area contributed by atoms with Crippen LogP contribution in [0.2, 0.25) is 0 Å². The van der Waals surface area contributed by atoms with Crippen LogP contribution in [0.25, 0.3) is 0 Å². The van der Waals surface area contributed by atoms with Crippen LogP contribution in [0.15, 0.2) is 88.9 Å². The van der Waals surface area contributed by atoms with Gasteiger partial charge in [0.15, 0.2) is 0 Å². The van der Waals surface area contributed by atoms with Gasteiger partial charge in [-0.3, -0.25) is 19.8 Å². The quantitative estimate of drug-likeness (QED) is 0.513. The first-order valence-electron chi connectivity index (χ1n) is 10.6. The van der Waals surface area contributed by atoms with Crippen LogP contribution in [-0.4, -0.2) is 40.2 Å². The smallest absolute Gasteiger partial charge is 0.267 e. The molecule has 0 spiro atoms. The Labute approximate surface area is 198 Å². The Hall–Kier alpha value is -4.05. The van der Waals surface area contributed by atoms with Crippen molar-refractivity contribution >= 4 is 27.5 Å². The first kappa shape index (κ1) is 23.1. The number of hydrogen-bond donors (Lipinski definition) is 2. The van der Waals surface area contributed by atoms with E-state index in [4.69, 9.17) is 9.47 Å². The van der Waals surface area contributed by atoms with Crippen LogP contribution in [0.5, 0.6) is 5.75 Å². The van der Waals surface area contributed by atoms with Crippen molar-refractivity contribution in [3.8, 4) is 5.75 Å². The summed E-state index contributed by atoms with van der Waals surface area (Å²) in [6.45, 7) is 2.04. The maximum Gasteiger partial charge on any atom is 0.267 e. The number of hydrazone groups is 1. The van der Waals surface area contributed by atoms with Crippen molar-refractivity contribution < 1.29 is 22.7 Å². The summed E-state index contributed by atoms with van der Waals surface area (Å²) in [4.78, 5) is 12.8. The molecule has 10 heteroatoms. The van der Waals surface area contributed by atoms with E-state index in [1.54, 1.807) is 50.4 Å². The molecule has 176 valence electrons. The van der Waals surface area contributed by atoms with Crippen molar-refractivity contribution in [2.45, 2.75) is 18.2 Å². The molecule has 3 aromatic rings. The minimum Gasteiger partial charge on any atom is -0.496 e. The fourth-order valence-corrected chi connectivity index (χ4v) is 4.96. The predicted octanol–water partition coefficient (Wildman–Crippen LogP) is 2.91. The second kappa shape index (κ2) is 9.84. The Morgan fingerprint density at radius 2 is 1.74 bits per heavy atom. The highest BCUT2D eigenvalue weighted by atomic mass is 32.2. The number of rotatable bonds is 8. The summed E-state index contributed by atoms with van der Waals surface area (Å²) >= 11 is 0. The fourth-order valence-electron chi connectivity index (χ4n) is 3.48. The Bertz CT molecular complexity index is 1290. The lowest BCUT2D eigenvalue weighted by Gasteiger charge is -2.23. The van der Waals surface area contributed by atoms with Gasteiger partial charge in [0, 0.05) is 12.1 Å². The number of carbonyl (C=O) groups is 1. The highest BCUT2D eigenvalue weighted by molar-refractivity contribution is 7.92. The van der Waals surface area contributed by atoms with Crippen LogP contribution in [0.1, 0.15) is 22.8 Å². The van der Waals surface area contributed by atoms with Gasteiger partial charge in [-0.05, 0) is 55.5 Å². The van der Waals surface area contributed by atoms with Gasteiger partial charge in [0.05, 0.1) is 23.3 Å². The Morgan fingerprint density at radius 1 is 1.06 bits per heavy atom. The van der Waals surface area contributed by atoms with Crippen LogP contribution in [0.4, 0.5) is 5.69 Å². The normalized spacial score (nSPS) is 15.0. The second-order valence-electron chi connectivity index (χ2n) is 7.25. The third kappa shape index (κ3) is 4.67. The van der Waals surface area contributed by atoms with Gasteiger partial charge in [-0.2, -0.15) is 0 Å². The Balaban J connectivity index is 1.43. The van der Waals surface area contributed by atoms with E-state index >= 15 is 0 Å². The minimum atomic E-state index is -3.78. The van der Waals surface area contributed by atoms with Crippen LogP contribution < -0.4 is 19.8 Å². The molecule has 0 aliphatic carbocycles. The van der Waals surface area contributed by atoms with E-state index in [-0.39, 0.29) is 22.9 Å². The number of para-hydroxylation sites is 2. The zero-order valence-corrected chi connectivity index (χ0v) is 19.5. The molecule has 0 saturated carbocycles. The molecule has 0 fully saturated rings. The van der Waals surface area contributed by atoms with Crippen molar-refractivity contribution in [2.24, 2.45) is 5.10 Å². The second-order valence-corrected chi connectivity index (χ2v) is 9.11. The number of benzene rings is 3. The zero-order valence-electron chi connectivity index (χ0n) is 18.6. The SMILES string of the molecule is CCN(c1ccccc1)S(=O)(=O)c1ccc(C(=O)NC2NN=C(c3ccccc3OC)O2)cc1. The van der Waals surface area contributed by atoms with Crippen molar-refractivity contribution in [1.29, 1.82) is 0 Å². The molecule has 1 aliphatic heterocycles. The molecule has 1 amide bonds. The zero-order chi connectivity index (χ0) is 24.1. The molecule has 2 N–H and O–H groups in total. The molecule has 9 nitrogen and oxygen atoms in total. The maximum absolute atomic E-state index is 13.1. The largest absolute Gasteiger partial charge is 0.496 e. The first-order chi connectivity index (χ1) is 16.4. The van der Waals surface area contributed by atoms with Crippen LogP contribution in [-0.2, 0) is 14.8 Å². The highest BCUT2D eigenvalue weighted by Gasteiger charge is 2.26. The molecule has 1 unspecified atom stereocenters. The number of ether oxygens (including phenoxy) is 2. The number of sulfonamides is 1. The third-order valence-corrected chi connectivity index (χ3v) is 7.07. The van der Waals surface area contributed by atoms with E-state index in [1.807, 2.05) is 18.2 Å². The Morgan fingerprint density at radius 3 is 2.41 bits per heavy atom. The van der Waals surface area contributed by atoms with E-state index in [0.29, 0.717) is 17.0 Å². The lowest BCUT2D eigenvalue weighted by atomic mass is 10.2. The van der Waals surface area contributed by atoms with Gasteiger partial charge < -0.3 is 9.47 Å². The molecule has 1 heterocycles. The van der Waals surface area contributed by atoms with Crippen molar-refractivity contribution in [3.05, 3.63) is 90.0 Å². The molecule has 0 radical (unpaired) electrons. The molecular weight excluding hydrogens is 456 g/mol. The van der Waals surface area contributed by atoms with Gasteiger partial charge in [-0.25, -0.2) is 8.42 Å². The van der Waals surface area contributed by atoms with Gasteiger partial charge >= 0.3 is 0 Å². The van der Waals surface area contributed by atoms with Crippen LogP contribution >= 0.6 is 0 Å². The summed E-state index contributed by atoms with van der Waals surface area (Å²) in [7, 11) is -2.23. The van der Waals surface area contributed by atoms with Gasteiger partial charge in [0.1, 0.15) is 5.75 Å². The van der Waals surface area contributed by atoms with Crippen molar-refractivity contribution in [2.75, 3.05) is 18.0 Å². The fraction of sp³-hybridized carbons (Fsp3) is 0.167. The van der Waals surface area contributed by atoms with E-state index in [2.05, 4.69) is 15.8 Å². The molecular formula is C24H24N4O5S. The van der Waals surface area contributed by atoms with Gasteiger partial charge in [-0.15, -0.1) is 5.10 Å². The molecule has 34 heavy (non-hydrogen) atoms. The summed E-state index contributed by atoms with van der Waals surface area (Å²) in [5, 5.41) is 6.77. The molecule has 1 atom stereocenters. The van der Waals surface area contributed by atoms with Crippen LogP contribution in [0.3, 0.4) is 0 Å². The van der Waals surface area contributed by atoms with E-state index < -0.39 is 22.3 Å². The number of amides is 1. The van der Waals surface area contributed by atoms with Crippen molar-refractivity contribution in [1.82, 2.24) is 10.7 Å². The van der Waals surface area contributed by atoms with Crippen molar-refractivity contribution in [3.63, 3.8) is 0 Å². The standard InChI is InChI=1S/C24H24N4O5S/c1-3-28(18-9-5-4-6-10-18)34(30,31)19-15-13-17(14-16-19)22(29)25-24-27-26-23(33-24)20-11-7-8-12-21(20)32-2/h4-16,24,27H,3H2,1-2H3,(H,25,29). The summed E-state index contributed by atoms with van der Waals surface area (Å²) in [6.07, 6.45) is -0.885. The molecule has 4 rings (SSSR count). The monoisotopic (exact) mass is 480 g/mol. The average Bonchev–Trinajstić information content (AvgIpc) is 3.33. The Kier molecular flexibility index (Phi) is 6.69. The maximum atomic E-state index is 13.1. The number of hydrogen-bond acceptors (Lipinski definition) is 7. The highest BCUT2D eigenvalue weighted by Crippen LogP contribution is 2.24. The number of nitrogens with one attached hydrogen (secondary N) is 2. The molecule has 0 aromatic heterocycles. The number of nitrogens with zero attached hydrogens (tertiary/aromatic N) is 2. The summed E-state index contributed by atoms with van der Waals surface area (Å²) in [5.41, 5.74) is 4.20. The van der Waals surface area contributed by atoms with E-state index in [9.17, 15) is 13.2 Å². The van der Waals surface area contributed by atoms with Gasteiger partial charge in [0.25, 0.3) is 22.3 Å². The summed E-state index contributed by atoms with van der Waals surface area (Å²) in [6, 6.07) is 21.8. The molecule has 3 aromatic carbocycles. The number of methoxy groups -OCH3 is 1. The molecule has 0 saturated heterocycles. The minimum absolute atomic E-state index is 0.0896. The van der Waals surface area contributed by atoms with Crippen LogP contribution in [0, 0.1) is 0 Å². The summed E-state index contributed by atoms with van der Waals surface area (Å²) < 4.78 is 38.5. The topological polar surface area (TPSA) is 109 Å². The number of carbonyl (C=O) groups excluding carboxylic acids is 1. The lowest BCUT2D eigenvalue weighted by Crippen LogP contribution is -2.42. The lowest BCUT2D eigenvalue weighted by molar-refractivity contribution is 0.0801. The number of anilines is 1. The predicted molar refractivity (Wildman–Crippen MR) is 128 cm³/mol. The van der Waals surface area contributed by atoms with E-state index in [1.165, 1.54) is 28.6 Å². The first-order valence-corrected chi connectivity index (χ1v) is 12.0. The van der Waals surface area contributed by atoms with E-state index in [0.717, 1.165) is 0 Å². The molecule has 0 bridgehead atoms. The summed E-state index contributed by atoms with van der Waals surface area (Å²) in [5.74, 6) is 0.418. The third-order valence-electron chi connectivity index (χ3n) is 5.15. The average molecular weight is 481 g/mol. The molecule has 1 aliphatic rings.